The van der Waals surface area contributed by atoms with Crippen molar-refractivity contribution in [2.24, 2.45) is 16.9 Å². The summed E-state index contributed by atoms with van der Waals surface area (Å²) < 4.78 is 10.7. The van der Waals surface area contributed by atoms with E-state index in [1.54, 1.807) is 14.2 Å². The predicted octanol–water partition coefficient (Wildman–Crippen LogP) is 5.59. The monoisotopic (exact) mass is 529 g/mol. The van der Waals surface area contributed by atoms with Gasteiger partial charge in [-0.3, -0.25) is 9.59 Å². The van der Waals surface area contributed by atoms with Gasteiger partial charge in [0.2, 0.25) is 5.91 Å². The number of fused-ring (bicyclic) bond motifs is 1. The molecule has 5 rings (SSSR count). The summed E-state index contributed by atoms with van der Waals surface area (Å²) >= 11 is 0. The minimum Gasteiger partial charge on any atom is -0.496 e. The Morgan fingerprint density at radius 1 is 0.949 bits per heavy atom. The first-order valence-corrected chi connectivity index (χ1v) is 14.2. The molecule has 7 nitrogen and oxygen atoms in total. The van der Waals surface area contributed by atoms with E-state index in [-0.39, 0.29) is 29.7 Å². The van der Waals surface area contributed by atoms with Crippen LogP contribution in [-0.2, 0) is 9.53 Å². The fourth-order valence-corrected chi connectivity index (χ4v) is 6.10. The highest BCUT2D eigenvalue weighted by Gasteiger charge is 2.42. The molecule has 2 aliphatic carbocycles. The van der Waals surface area contributed by atoms with Crippen LogP contribution in [0.25, 0.3) is 11.1 Å². The number of ether oxygens (including phenoxy) is 2. The molecule has 0 saturated heterocycles. The Bertz CT molecular complexity index is 1230. The number of hydrazone groups is 1. The normalized spacial score (nSPS) is 21.6. The van der Waals surface area contributed by atoms with Gasteiger partial charge < -0.3 is 14.8 Å². The van der Waals surface area contributed by atoms with Crippen molar-refractivity contribution in [3.63, 3.8) is 0 Å². The van der Waals surface area contributed by atoms with Crippen LogP contribution < -0.4 is 10.1 Å². The number of methoxy groups -OCH3 is 2. The fraction of sp³-hybridized carbons (Fsp3) is 0.469. The smallest absolute Gasteiger partial charge is 0.251 e. The Hall–Kier alpha value is -3.45. The average molecular weight is 530 g/mol. The molecule has 0 unspecified atom stereocenters. The van der Waals surface area contributed by atoms with Crippen molar-refractivity contribution >= 4 is 17.5 Å². The van der Waals surface area contributed by atoms with Crippen LogP contribution in [0.15, 0.2) is 59.7 Å². The largest absolute Gasteiger partial charge is 0.496 e. The molecule has 1 heterocycles. The highest BCUT2D eigenvalue weighted by atomic mass is 16.5. The number of amides is 2. The maximum atomic E-state index is 13.6. The Labute approximate surface area is 231 Å². The van der Waals surface area contributed by atoms with Crippen LogP contribution in [0.5, 0.6) is 5.75 Å². The molecule has 39 heavy (non-hydrogen) atoms. The minimum absolute atomic E-state index is 0.0628. The molecule has 0 radical (unpaired) electrons. The van der Waals surface area contributed by atoms with Gasteiger partial charge in [-0.15, -0.1) is 0 Å². The van der Waals surface area contributed by atoms with Crippen molar-refractivity contribution in [3.8, 4) is 16.9 Å². The van der Waals surface area contributed by atoms with E-state index in [4.69, 9.17) is 14.6 Å². The van der Waals surface area contributed by atoms with E-state index in [0.29, 0.717) is 18.7 Å². The van der Waals surface area contributed by atoms with Crippen LogP contribution in [0.1, 0.15) is 67.3 Å². The van der Waals surface area contributed by atoms with Crippen LogP contribution in [-0.4, -0.2) is 55.9 Å². The molecular formula is C32H39N3O4. The van der Waals surface area contributed by atoms with Crippen LogP contribution in [0.2, 0.25) is 0 Å². The summed E-state index contributed by atoms with van der Waals surface area (Å²) in [5.41, 5.74) is 4.49. The highest BCUT2D eigenvalue weighted by Crippen LogP contribution is 2.39. The third kappa shape index (κ3) is 5.93. The molecule has 2 atom stereocenters. The molecule has 1 N–H and O–H groups in total. The number of nitrogens with one attached hydrogen (secondary N) is 1. The van der Waals surface area contributed by atoms with Gasteiger partial charge in [0.1, 0.15) is 5.75 Å². The summed E-state index contributed by atoms with van der Waals surface area (Å²) in [6.45, 7) is 0.936. The molecule has 206 valence electrons. The Kier molecular flexibility index (Phi) is 8.77. The third-order valence-electron chi connectivity index (χ3n) is 8.26. The van der Waals surface area contributed by atoms with Crippen LogP contribution in [0, 0.1) is 11.8 Å². The summed E-state index contributed by atoms with van der Waals surface area (Å²) in [4.78, 5) is 26.1. The van der Waals surface area contributed by atoms with Gasteiger partial charge in [-0.1, -0.05) is 50.0 Å². The van der Waals surface area contributed by atoms with E-state index in [9.17, 15) is 9.59 Å². The van der Waals surface area contributed by atoms with E-state index in [2.05, 4.69) is 29.6 Å². The zero-order chi connectivity index (χ0) is 27.2. The summed E-state index contributed by atoms with van der Waals surface area (Å²) in [6.07, 6.45) is 12.7. The lowest BCUT2D eigenvalue weighted by Gasteiger charge is -2.40. The lowest BCUT2D eigenvalue weighted by Crippen LogP contribution is -2.49. The van der Waals surface area contributed by atoms with Gasteiger partial charge in [0, 0.05) is 30.7 Å². The standard InChI is InChI=1S/C32H39N3O4/c1-38-20-19-33-31(36)23-15-13-22(14-16-23)28-21-24(17-18-29(28)39-2)30-26-11-7-8-12-27(26)32(37)35(34-30)25-9-5-3-4-6-10-25/h7-8,13-18,21,25-27H,3-6,9-12,19-20H2,1-2H3,(H,33,36)/t26-,27+/m0/s1. The van der Waals surface area contributed by atoms with E-state index < -0.39 is 0 Å². The van der Waals surface area contributed by atoms with Gasteiger partial charge in [0.25, 0.3) is 5.91 Å². The SMILES string of the molecule is COCCNC(=O)c1ccc(-c2cc(C3=NN(C4CCCCCC4)C(=O)[C@@H]4CC=CC[C@H]34)ccc2OC)cc1. The quantitative estimate of drug-likeness (QED) is 0.275. The van der Waals surface area contributed by atoms with Gasteiger partial charge in [-0.25, -0.2) is 5.01 Å². The fourth-order valence-electron chi connectivity index (χ4n) is 6.10. The molecule has 1 saturated carbocycles. The maximum absolute atomic E-state index is 13.6. The van der Waals surface area contributed by atoms with Crippen molar-refractivity contribution in [1.29, 1.82) is 0 Å². The minimum atomic E-state index is -0.129. The number of nitrogens with zero attached hydrogens (tertiary/aromatic N) is 2. The molecule has 0 bridgehead atoms. The molecule has 0 spiro atoms. The van der Waals surface area contributed by atoms with Crippen LogP contribution in [0.3, 0.4) is 0 Å². The van der Waals surface area contributed by atoms with Gasteiger partial charge in [-0.05, 0) is 67.1 Å². The lowest BCUT2D eigenvalue weighted by molar-refractivity contribution is -0.140. The number of hydrogen-bond donors (Lipinski definition) is 1. The second kappa shape index (κ2) is 12.6. The first-order chi connectivity index (χ1) is 19.1. The van der Waals surface area contributed by atoms with Crippen molar-refractivity contribution in [1.82, 2.24) is 10.3 Å². The number of rotatable bonds is 8. The van der Waals surface area contributed by atoms with E-state index in [1.165, 1.54) is 12.8 Å². The lowest BCUT2D eigenvalue weighted by atomic mass is 9.76. The summed E-state index contributed by atoms with van der Waals surface area (Å²) in [6, 6.07) is 13.9. The van der Waals surface area contributed by atoms with Crippen LogP contribution in [0.4, 0.5) is 0 Å². The Balaban J connectivity index is 1.48. The van der Waals surface area contributed by atoms with Crippen LogP contribution >= 0.6 is 0 Å². The second-order valence-corrected chi connectivity index (χ2v) is 10.7. The van der Waals surface area contributed by atoms with Crippen molar-refractivity contribution < 1.29 is 19.1 Å². The molecule has 2 amide bonds. The summed E-state index contributed by atoms with van der Waals surface area (Å²) in [7, 11) is 3.28. The van der Waals surface area contributed by atoms with Gasteiger partial charge in [-0.2, -0.15) is 5.10 Å². The Morgan fingerprint density at radius 2 is 1.64 bits per heavy atom. The molecule has 1 fully saturated rings. The van der Waals surface area contributed by atoms with E-state index >= 15 is 0 Å². The first kappa shape index (κ1) is 27.1. The molecule has 7 heteroatoms. The average Bonchev–Trinajstić information content (AvgIpc) is 3.27. The van der Waals surface area contributed by atoms with Crippen molar-refractivity contribution in [2.45, 2.75) is 57.4 Å². The van der Waals surface area contributed by atoms with E-state index in [1.807, 2.05) is 35.3 Å². The number of benzene rings is 2. The molecule has 1 aliphatic heterocycles. The Morgan fingerprint density at radius 3 is 2.33 bits per heavy atom. The molecule has 0 aromatic heterocycles. The number of hydrogen-bond acceptors (Lipinski definition) is 5. The maximum Gasteiger partial charge on any atom is 0.251 e. The summed E-state index contributed by atoms with van der Waals surface area (Å²) in [5.74, 6) is 0.823. The van der Waals surface area contributed by atoms with E-state index in [0.717, 1.165) is 66.7 Å². The van der Waals surface area contributed by atoms with Crippen molar-refractivity contribution in [3.05, 3.63) is 65.7 Å². The molecule has 3 aliphatic rings. The number of allylic oxidation sites excluding steroid dienone is 2. The predicted molar refractivity (Wildman–Crippen MR) is 153 cm³/mol. The topological polar surface area (TPSA) is 80.2 Å². The first-order valence-electron chi connectivity index (χ1n) is 14.2. The molecular weight excluding hydrogens is 490 g/mol. The van der Waals surface area contributed by atoms with Gasteiger partial charge >= 0.3 is 0 Å². The second-order valence-electron chi connectivity index (χ2n) is 10.7. The zero-order valence-corrected chi connectivity index (χ0v) is 23.0. The number of carbonyl (C=O) groups is 2. The van der Waals surface area contributed by atoms with Gasteiger partial charge in [0.05, 0.1) is 31.4 Å². The molecule has 2 aromatic carbocycles. The van der Waals surface area contributed by atoms with Crippen molar-refractivity contribution in [2.75, 3.05) is 27.4 Å². The molecule has 2 aromatic rings. The number of carbonyl (C=O) groups excluding carboxylic acids is 2. The zero-order valence-electron chi connectivity index (χ0n) is 23.0. The summed E-state index contributed by atoms with van der Waals surface area (Å²) in [5, 5.41) is 9.81. The third-order valence-corrected chi connectivity index (χ3v) is 8.26. The van der Waals surface area contributed by atoms with Gasteiger partial charge in [0.15, 0.2) is 0 Å². The highest BCUT2D eigenvalue weighted by molar-refractivity contribution is 6.08.